The van der Waals surface area contributed by atoms with Crippen molar-refractivity contribution in [3.05, 3.63) is 113 Å². The van der Waals surface area contributed by atoms with Gasteiger partial charge in [0.2, 0.25) is 0 Å². The van der Waals surface area contributed by atoms with E-state index in [-0.39, 0.29) is 5.57 Å². The van der Waals surface area contributed by atoms with Crippen LogP contribution in [0.2, 0.25) is 0 Å². The summed E-state index contributed by atoms with van der Waals surface area (Å²) in [6.07, 6.45) is 2.54. The molecule has 4 aromatic carbocycles. The first-order chi connectivity index (χ1) is 16.6. The number of anilines is 1. The Morgan fingerprint density at radius 1 is 0.971 bits per heavy atom. The molecule has 34 heavy (non-hydrogen) atoms. The number of amides is 1. The molecule has 4 nitrogen and oxygen atoms in total. The minimum absolute atomic E-state index is 0.0105. The summed E-state index contributed by atoms with van der Waals surface area (Å²) in [4.78, 5) is 12.9. The number of benzene rings is 4. The number of rotatable bonds is 7. The molecule has 0 unspecified atom stereocenters. The Hall–Kier alpha value is -4.36. The minimum atomic E-state index is -0.454. The molecular formula is C30H26N2O2. The number of hydrogen-bond acceptors (Lipinski definition) is 3. The molecule has 0 saturated carbocycles. The fourth-order valence-corrected chi connectivity index (χ4v) is 3.83. The standard InChI is InChI=1S/C30H26N2O2/c1-3-22-11-14-26(15-12-22)32-30(33)25(19-31)18-28-27-10-5-4-9-24(27)13-16-29(28)34-20-23-8-6-7-21(2)17-23/h4-18H,3,20H2,1-2H3,(H,32,33)/b25-18+. The maximum atomic E-state index is 12.9. The Morgan fingerprint density at radius 3 is 2.50 bits per heavy atom. The van der Waals surface area contributed by atoms with Crippen molar-refractivity contribution in [1.29, 1.82) is 5.26 Å². The van der Waals surface area contributed by atoms with Gasteiger partial charge >= 0.3 is 0 Å². The van der Waals surface area contributed by atoms with Crippen molar-refractivity contribution in [2.75, 3.05) is 5.32 Å². The number of ether oxygens (including phenoxy) is 1. The van der Waals surface area contributed by atoms with Crippen LogP contribution in [0.15, 0.2) is 90.5 Å². The number of aryl methyl sites for hydroxylation is 2. The number of fused-ring (bicyclic) bond motifs is 1. The van der Waals surface area contributed by atoms with Crippen molar-refractivity contribution in [3.8, 4) is 11.8 Å². The normalized spacial score (nSPS) is 11.1. The Labute approximate surface area is 200 Å². The van der Waals surface area contributed by atoms with Gasteiger partial charge in [0.25, 0.3) is 5.91 Å². The van der Waals surface area contributed by atoms with Crippen LogP contribution in [-0.4, -0.2) is 5.91 Å². The van der Waals surface area contributed by atoms with Gasteiger partial charge in [0.05, 0.1) is 0 Å². The van der Waals surface area contributed by atoms with Crippen LogP contribution in [0.4, 0.5) is 5.69 Å². The molecule has 0 aliphatic heterocycles. The van der Waals surface area contributed by atoms with E-state index in [1.165, 1.54) is 5.56 Å². The number of carbonyl (C=O) groups is 1. The fourth-order valence-electron chi connectivity index (χ4n) is 3.83. The highest BCUT2D eigenvalue weighted by molar-refractivity contribution is 6.11. The first-order valence-corrected chi connectivity index (χ1v) is 11.3. The second kappa shape index (κ2) is 10.5. The first-order valence-electron chi connectivity index (χ1n) is 11.3. The van der Waals surface area contributed by atoms with E-state index in [1.807, 2.05) is 85.8 Å². The zero-order valence-corrected chi connectivity index (χ0v) is 19.3. The van der Waals surface area contributed by atoms with Crippen LogP contribution in [0.3, 0.4) is 0 Å². The van der Waals surface area contributed by atoms with E-state index in [0.29, 0.717) is 23.6 Å². The topological polar surface area (TPSA) is 62.1 Å². The number of nitrogens with one attached hydrogen (secondary N) is 1. The van der Waals surface area contributed by atoms with Crippen LogP contribution in [0, 0.1) is 18.3 Å². The molecule has 1 N–H and O–H groups in total. The van der Waals surface area contributed by atoms with E-state index in [2.05, 4.69) is 24.4 Å². The van der Waals surface area contributed by atoms with Crippen LogP contribution in [0.25, 0.3) is 16.8 Å². The molecule has 0 atom stereocenters. The lowest BCUT2D eigenvalue weighted by molar-refractivity contribution is -0.112. The van der Waals surface area contributed by atoms with E-state index in [1.54, 1.807) is 6.08 Å². The van der Waals surface area contributed by atoms with Crippen molar-refractivity contribution in [1.82, 2.24) is 0 Å². The zero-order valence-electron chi connectivity index (χ0n) is 19.3. The summed E-state index contributed by atoms with van der Waals surface area (Å²) >= 11 is 0. The van der Waals surface area contributed by atoms with E-state index in [0.717, 1.165) is 28.3 Å². The van der Waals surface area contributed by atoms with Crippen molar-refractivity contribution < 1.29 is 9.53 Å². The number of nitriles is 1. The smallest absolute Gasteiger partial charge is 0.266 e. The molecule has 0 radical (unpaired) electrons. The van der Waals surface area contributed by atoms with E-state index >= 15 is 0 Å². The predicted octanol–water partition coefficient (Wildman–Crippen LogP) is 6.84. The van der Waals surface area contributed by atoms with Crippen LogP contribution in [-0.2, 0) is 17.8 Å². The van der Waals surface area contributed by atoms with Crippen molar-refractivity contribution >= 4 is 28.4 Å². The third-order valence-electron chi connectivity index (χ3n) is 5.68. The predicted molar refractivity (Wildman–Crippen MR) is 137 cm³/mol. The second-order valence-corrected chi connectivity index (χ2v) is 8.15. The highest BCUT2D eigenvalue weighted by Gasteiger charge is 2.14. The van der Waals surface area contributed by atoms with E-state index in [9.17, 15) is 10.1 Å². The van der Waals surface area contributed by atoms with Gasteiger partial charge in [-0.1, -0.05) is 79.2 Å². The number of hydrogen-bond donors (Lipinski definition) is 1. The summed E-state index contributed by atoms with van der Waals surface area (Å²) in [6, 6.07) is 29.6. The van der Waals surface area contributed by atoms with Gasteiger partial charge in [0, 0.05) is 11.3 Å². The van der Waals surface area contributed by atoms with Gasteiger partial charge in [-0.15, -0.1) is 0 Å². The van der Waals surface area contributed by atoms with Crippen LogP contribution < -0.4 is 10.1 Å². The zero-order chi connectivity index (χ0) is 23.9. The monoisotopic (exact) mass is 446 g/mol. The second-order valence-electron chi connectivity index (χ2n) is 8.15. The number of carbonyl (C=O) groups excluding carboxylic acids is 1. The molecule has 0 aliphatic rings. The average molecular weight is 447 g/mol. The average Bonchev–Trinajstić information content (AvgIpc) is 2.86. The molecule has 1 amide bonds. The van der Waals surface area contributed by atoms with Crippen LogP contribution in [0.5, 0.6) is 5.75 Å². The summed E-state index contributed by atoms with van der Waals surface area (Å²) in [7, 11) is 0. The minimum Gasteiger partial charge on any atom is -0.488 e. The Morgan fingerprint density at radius 2 is 1.76 bits per heavy atom. The van der Waals surface area contributed by atoms with Crippen molar-refractivity contribution in [2.45, 2.75) is 26.9 Å². The molecule has 0 bridgehead atoms. The summed E-state index contributed by atoms with van der Waals surface area (Å²) < 4.78 is 6.17. The molecule has 168 valence electrons. The molecule has 4 heteroatoms. The molecule has 4 rings (SSSR count). The molecule has 0 aromatic heterocycles. The first kappa shape index (κ1) is 22.8. The summed E-state index contributed by atoms with van der Waals surface area (Å²) in [5, 5.41) is 14.5. The van der Waals surface area contributed by atoms with Gasteiger partial charge in [-0.25, -0.2) is 0 Å². The number of nitrogens with zero attached hydrogens (tertiary/aromatic N) is 1. The van der Waals surface area contributed by atoms with Gasteiger partial charge in [-0.05, 0) is 59.5 Å². The summed E-state index contributed by atoms with van der Waals surface area (Å²) in [5.41, 5.74) is 4.76. The fraction of sp³-hybridized carbons (Fsp3) is 0.133. The summed E-state index contributed by atoms with van der Waals surface area (Å²) in [5.74, 6) is 0.164. The van der Waals surface area contributed by atoms with Gasteiger partial charge in [-0.3, -0.25) is 4.79 Å². The van der Waals surface area contributed by atoms with Gasteiger partial charge in [0.15, 0.2) is 0 Å². The lowest BCUT2D eigenvalue weighted by Gasteiger charge is -2.13. The highest BCUT2D eigenvalue weighted by atomic mass is 16.5. The van der Waals surface area contributed by atoms with Crippen LogP contribution >= 0.6 is 0 Å². The summed E-state index contributed by atoms with van der Waals surface area (Å²) in [6.45, 7) is 4.51. The lowest BCUT2D eigenvalue weighted by atomic mass is 10.0. The molecule has 4 aromatic rings. The Kier molecular flexibility index (Phi) is 7.05. The Bertz CT molecular complexity index is 1400. The Balaban J connectivity index is 1.67. The molecule has 0 aliphatic carbocycles. The third-order valence-corrected chi connectivity index (χ3v) is 5.68. The quantitative estimate of drug-likeness (QED) is 0.250. The van der Waals surface area contributed by atoms with Gasteiger partial charge in [0.1, 0.15) is 24.0 Å². The van der Waals surface area contributed by atoms with Crippen molar-refractivity contribution in [2.24, 2.45) is 0 Å². The van der Waals surface area contributed by atoms with Crippen LogP contribution in [0.1, 0.15) is 29.2 Å². The maximum absolute atomic E-state index is 12.9. The van der Waals surface area contributed by atoms with E-state index in [4.69, 9.17) is 4.74 Å². The van der Waals surface area contributed by atoms with Gasteiger partial charge in [-0.2, -0.15) is 5.26 Å². The molecular weight excluding hydrogens is 420 g/mol. The maximum Gasteiger partial charge on any atom is 0.266 e. The third kappa shape index (κ3) is 5.33. The molecule has 0 saturated heterocycles. The molecule has 0 fully saturated rings. The lowest BCUT2D eigenvalue weighted by Crippen LogP contribution is -2.13. The highest BCUT2D eigenvalue weighted by Crippen LogP contribution is 2.31. The molecule has 0 spiro atoms. The largest absolute Gasteiger partial charge is 0.488 e. The SMILES string of the molecule is CCc1ccc(NC(=O)/C(C#N)=C/c2c(OCc3cccc(C)c3)ccc3ccccc23)cc1. The molecule has 0 heterocycles. The van der Waals surface area contributed by atoms with Gasteiger partial charge < -0.3 is 10.1 Å². The van der Waals surface area contributed by atoms with Crippen molar-refractivity contribution in [3.63, 3.8) is 0 Å². The van der Waals surface area contributed by atoms with E-state index < -0.39 is 5.91 Å².